The molecule has 0 aliphatic rings. The van der Waals surface area contributed by atoms with Gasteiger partial charge in [-0.3, -0.25) is 0 Å². The van der Waals surface area contributed by atoms with Crippen molar-refractivity contribution in [2.45, 2.75) is 6.42 Å². The van der Waals surface area contributed by atoms with Crippen molar-refractivity contribution in [1.82, 2.24) is 9.88 Å². The third-order valence-electron chi connectivity index (χ3n) is 2.93. The van der Waals surface area contributed by atoms with Crippen LogP contribution in [0, 0.1) is 0 Å². The summed E-state index contributed by atoms with van der Waals surface area (Å²) in [6.07, 6.45) is 4.20. The molecule has 6 nitrogen and oxygen atoms in total. The van der Waals surface area contributed by atoms with E-state index in [1.165, 1.54) is 10.9 Å². The van der Waals surface area contributed by atoms with Gasteiger partial charge in [0.25, 0.3) is 0 Å². The van der Waals surface area contributed by atoms with Gasteiger partial charge in [-0.05, 0) is 38.2 Å². The number of carboxylic acid groups (broad SMARTS) is 2. The summed E-state index contributed by atoms with van der Waals surface area (Å²) in [5, 5.41) is 17.6. The second-order valence-corrected chi connectivity index (χ2v) is 5.45. The maximum absolute atomic E-state index is 9.55. The first kappa shape index (κ1) is 18.7. The van der Waals surface area contributed by atoms with Gasteiger partial charge in [0, 0.05) is 35.8 Å². The van der Waals surface area contributed by atoms with Gasteiger partial charge in [0.05, 0.1) is 5.02 Å². The largest absolute Gasteiger partial charge is 0.478 e. The summed E-state index contributed by atoms with van der Waals surface area (Å²) in [5.41, 5.74) is 2.42. The van der Waals surface area contributed by atoms with Gasteiger partial charge in [0.1, 0.15) is 0 Å². The average molecular weight is 339 g/mol. The number of fused-ring (bicyclic) bond motifs is 1. The molecule has 1 aromatic carbocycles. The van der Waals surface area contributed by atoms with E-state index in [0.29, 0.717) is 12.2 Å². The van der Waals surface area contributed by atoms with Gasteiger partial charge in [-0.1, -0.05) is 17.7 Å². The van der Waals surface area contributed by atoms with Crippen molar-refractivity contribution < 1.29 is 19.8 Å². The van der Waals surface area contributed by atoms with E-state index in [0.717, 1.165) is 23.5 Å². The molecule has 2 rings (SSSR count). The fourth-order valence-electron chi connectivity index (χ4n) is 1.89. The number of likely N-dealkylation sites (N-methyl/N-ethyl adjacent to an activating group) is 1. The number of hydrogen-bond donors (Lipinski definition) is 3. The van der Waals surface area contributed by atoms with Gasteiger partial charge in [0.15, 0.2) is 0 Å². The fourth-order valence-corrected chi connectivity index (χ4v) is 2.19. The molecule has 0 atom stereocenters. The molecule has 0 aliphatic carbocycles. The zero-order valence-electron chi connectivity index (χ0n) is 12.9. The molecule has 0 saturated heterocycles. The Balaban J connectivity index is 0.000000284. The monoisotopic (exact) mass is 338 g/mol. The number of aromatic nitrogens is 1. The second-order valence-electron chi connectivity index (χ2n) is 5.04. The summed E-state index contributed by atoms with van der Waals surface area (Å²) in [4.78, 5) is 24.5. The van der Waals surface area contributed by atoms with E-state index in [2.05, 4.69) is 36.2 Å². The Hall–Kier alpha value is -2.31. The van der Waals surface area contributed by atoms with E-state index in [4.69, 9.17) is 21.8 Å². The van der Waals surface area contributed by atoms with E-state index in [1.807, 2.05) is 12.1 Å². The number of benzene rings is 1. The van der Waals surface area contributed by atoms with Crippen molar-refractivity contribution in [3.8, 4) is 0 Å². The molecule has 0 radical (unpaired) electrons. The molecule has 23 heavy (non-hydrogen) atoms. The van der Waals surface area contributed by atoms with Gasteiger partial charge in [0.2, 0.25) is 0 Å². The summed E-state index contributed by atoms with van der Waals surface area (Å²) >= 11 is 6.19. The molecule has 3 N–H and O–H groups in total. The molecule has 0 fully saturated rings. The Morgan fingerprint density at radius 2 is 1.83 bits per heavy atom. The summed E-state index contributed by atoms with van der Waals surface area (Å²) in [7, 11) is 4.16. The summed E-state index contributed by atoms with van der Waals surface area (Å²) in [6.45, 7) is 1.04. The van der Waals surface area contributed by atoms with Gasteiger partial charge >= 0.3 is 11.9 Å². The number of aromatic amines is 1. The maximum Gasteiger partial charge on any atom is 0.328 e. The molecular formula is C16H19ClN2O4. The third kappa shape index (κ3) is 6.54. The number of rotatable bonds is 5. The average Bonchev–Trinajstić information content (AvgIpc) is 2.88. The topological polar surface area (TPSA) is 93.6 Å². The quantitative estimate of drug-likeness (QED) is 0.729. The zero-order valence-corrected chi connectivity index (χ0v) is 13.7. The molecule has 0 unspecified atom stereocenters. The van der Waals surface area contributed by atoms with Crippen LogP contribution in [0.15, 0.2) is 36.5 Å². The van der Waals surface area contributed by atoms with Crippen molar-refractivity contribution in [3.63, 3.8) is 0 Å². The molecule has 0 aliphatic heterocycles. The summed E-state index contributed by atoms with van der Waals surface area (Å²) in [5.74, 6) is -2.51. The highest BCUT2D eigenvalue weighted by atomic mass is 35.5. The van der Waals surface area contributed by atoms with Gasteiger partial charge in [-0.25, -0.2) is 9.59 Å². The standard InChI is InChI=1S/C12H15ClN2.C4H4O4/c1-15(2)7-6-9-8-14-11-5-3-4-10(13)12(9)11;5-3(6)1-2-4(7)8/h3-5,8,14H,6-7H2,1-2H3;1-2H,(H,5,6)(H,7,8). The third-order valence-corrected chi connectivity index (χ3v) is 3.25. The minimum absolute atomic E-state index is 0.558. The van der Waals surface area contributed by atoms with E-state index in [-0.39, 0.29) is 0 Å². The Morgan fingerprint density at radius 1 is 1.22 bits per heavy atom. The molecule has 1 heterocycles. The van der Waals surface area contributed by atoms with Gasteiger partial charge in [-0.15, -0.1) is 0 Å². The number of halogens is 1. The van der Waals surface area contributed by atoms with Gasteiger partial charge < -0.3 is 20.1 Å². The smallest absolute Gasteiger partial charge is 0.328 e. The minimum atomic E-state index is -1.26. The van der Waals surface area contributed by atoms with E-state index in [1.54, 1.807) is 0 Å². The molecule has 7 heteroatoms. The van der Waals surface area contributed by atoms with Crippen LogP contribution in [0.2, 0.25) is 5.02 Å². The highest BCUT2D eigenvalue weighted by Gasteiger charge is 2.06. The summed E-state index contributed by atoms with van der Waals surface area (Å²) < 4.78 is 0. The predicted octanol–water partition coefficient (Wildman–Crippen LogP) is 2.64. The lowest BCUT2D eigenvalue weighted by molar-refractivity contribution is -0.134. The first-order valence-electron chi connectivity index (χ1n) is 6.84. The molecule has 0 spiro atoms. The number of carbonyl (C=O) groups is 2. The van der Waals surface area contributed by atoms with Crippen LogP contribution < -0.4 is 0 Å². The number of nitrogens with one attached hydrogen (secondary N) is 1. The van der Waals surface area contributed by atoms with Gasteiger partial charge in [-0.2, -0.15) is 0 Å². The fraction of sp³-hybridized carbons (Fsp3) is 0.250. The highest BCUT2D eigenvalue weighted by molar-refractivity contribution is 6.35. The number of carboxylic acids is 2. The van der Waals surface area contributed by atoms with Crippen LogP contribution in [0.25, 0.3) is 10.9 Å². The van der Waals surface area contributed by atoms with Crippen LogP contribution >= 0.6 is 11.6 Å². The molecule has 0 bridgehead atoms. The van der Waals surface area contributed by atoms with E-state index in [9.17, 15) is 9.59 Å². The lowest BCUT2D eigenvalue weighted by atomic mass is 10.1. The Labute approximate surface area is 139 Å². The lowest BCUT2D eigenvalue weighted by Gasteiger charge is -2.08. The zero-order chi connectivity index (χ0) is 17.4. The highest BCUT2D eigenvalue weighted by Crippen LogP contribution is 2.26. The molecule has 2 aromatic rings. The van der Waals surface area contributed by atoms with E-state index >= 15 is 0 Å². The number of nitrogens with zero attached hydrogens (tertiary/aromatic N) is 1. The number of H-pyrrole nitrogens is 1. The minimum Gasteiger partial charge on any atom is -0.478 e. The normalized spacial score (nSPS) is 10.8. The number of hydrogen-bond acceptors (Lipinski definition) is 3. The SMILES string of the molecule is CN(C)CCc1c[nH]c2cccc(Cl)c12.O=C(O)C=CC(=O)O. The first-order valence-corrected chi connectivity index (χ1v) is 7.22. The van der Waals surface area contributed by atoms with Crippen LogP contribution in [0.3, 0.4) is 0 Å². The molecule has 124 valence electrons. The number of aliphatic carboxylic acids is 2. The second kappa shape index (κ2) is 8.97. The molecular weight excluding hydrogens is 320 g/mol. The first-order chi connectivity index (χ1) is 10.8. The Morgan fingerprint density at radius 3 is 2.35 bits per heavy atom. The van der Waals surface area contributed by atoms with Crippen LogP contribution in [0.4, 0.5) is 0 Å². The Kier molecular flexibility index (Phi) is 7.31. The predicted molar refractivity (Wildman–Crippen MR) is 90.0 cm³/mol. The van der Waals surface area contributed by atoms with Crippen LogP contribution in [0.1, 0.15) is 5.56 Å². The summed E-state index contributed by atoms with van der Waals surface area (Å²) in [6, 6.07) is 5.97. The van der Waals surface area contributed by atoms with Crippen LogP contribution in [0.5, 0.6) is 0 Å². The van der Waals surface area contributed by atoms with Crippen molar-refractivity contribution >= 4 is 34.4 Å². The van der Waals surface area contributed by atoms with Crippen molar-refractivity contribution in [2.75, 3.05) is 20.6 Å². The maximum atomic E-state index is 9.55. The molecule has 1 aromatic heterocycles. The Bertz CT molecular complexity index is 691. The molecule has 0 amide bonds. The van der Waals surface area contributed by atoms with Crippen molar-refractivity contribution in [1.29, 1.82) is 0 Å². The van der Waals surface area contributed by atoms with E-state index < -0.39 is 11.9 Å². The van der Waals surface area contributed by atoms with Crippen molar-refractivity contribution in [3.05, 3.63) is 47.1 Å². The van der Waals surface area contributed by atoms with Crippen LogP contribution in [-0.4, -0.2) is 52.7 Å². The van der Waals surface area contributed by atoms with Crippen molar-refractivity contribution in [2.24, 2.45) is 0 Å². The van der Waals surface area contributed by atoms with Crippen LogP contribution in [-0.2, 0) is 16.0 Å². The molecule has 0 saturated carbocycles. The lowest BCUT2D eigenvalue weighted by Crippen LogP contribution is -2.14.